The van der Waals surface area contributed by atoms with Gasteiger partial charge in [-0.1, -0.05) is 19.1 Å². The fourth-order valence-electron chi connectivity index (χ4n) is 2.25. The summed E-state index contributed by atoms with van der Waals surface area (Å²) in [6.07, 6.45) is -0.373. The first-order chi connectivity index (χ1) is 7.52. The first kappa shape index (κ1) is 11.5. The van der Waals surface area contributed by atoms with Gasteiger partial charge in [-0.05, 0) is 43.5 Å². The second-order valence-corrected chi connectivity index (χ2v) is 4.90. The van der Waals surface area contributed by atoms with Gasteiger partial charge in [0.05, 0.1) is 5.54 Å². The monoisotopic (exact) mass is 225 g/mol. The Hall–Kier alpha value is -0.960. The van der Waals surface area contributed by atoms with Crippen LogP contribution in [0, 0.1) is 11.7 Å². The summed E-state index contributed by atoms with van der Waals surface area (Å²) in [7, 11) is 0. The lowest BCUT2D eigenvalue weighted by molar-refractivity contribution is 0.0939. The molecule has 1 aromatic carbocycles. The lowest BCUT2D eigenvalue weighted by Gasteiger charge is -2.41. The fraction of sp³-hybridized carbons (Fsp3) is 0.538. The molecule has 0 bridgehead atoms. The zero-order valence-corrected chi connectivity index (χ0v) is 9.63. The van der Waals surface area contributed by atoms with Crippen LogP contribution >= 0.6 is 0 Å². The summed E-state index contributed by atoms with van der Waals surface area (Å²) < 4.78 is 26.9. The molecule has 1 saturated heterocycles. The van der Waals surface area contributed by atoms with Crippen molar-refractivity contribution in [1.82, 2.24) is 5.32 Å². The third kappa shape index (κ3) is 1.96. The molecule has 1 heterocycles. The highest BCUT2D eigenvalue weighted by atomic mass is 19.1. The Bertz CT molecular complexity index is 363. The molecule has 1 aliphatic rings. The van der Waals surface area contributed by atoms with Crippen molar-refractivity contribution in [3.8, 4) is 0 Å². The summed E-state index contributed by atoms with van der Waals surface area (Å²) in [6.45, 7) is 4.68. The molecule has 1 N–H and O–H groups in total. The number of benzene rings is 1. The van der Waals surface area contributed by atoms with Crippen molar-refractivity contribution in [2.24, 2.45) is 5.92 Å². The van der Waals surface area contributed by atoms with Crippen LogP contribution in [0.3, 0.4) is 0 Å². The van der Waals surface area contributed by atoms with Gasteiger partial charge in [-0.25, -0.2) is 8.78 Å². The number of hydrogen-bond donors (Lipinski definition) is 1. The van der Waals surface area contributed by atoms with Crippen molar-refractivity contribution in [3.05, 3.63) is 35.6 Å². The maximum Gasteiger partial charge on any atom is 0.123 e. The molecule has 3 atom stereocenters. The minimum absolute atomic E-state index is 0.285. The van der Waals surface area contributed by atoms with Crippen molar-refractivity contribution in [3.63, 3.8) is 0 Å². The molecule has 2 rings (SSSR count). The fourth-order valence-corrected chi connectivity index (χ4v) is 2.25. The molecule has 1 aromatic rings. The summed E-state index contributed by atoms with van der Waals surface area (Å²) >= 11 is 0. The van der Waals surface area contributed by atoms with Crippen molar-refractivity contribution >= 4 is 0 Å². The molecule has 0 aliphatic carbocycles. The standard InChI is InChI=1S/C13H17F2N/c1-9-7-12(15)13(2,16-8-9)10-3-5-11(14)6-4-10/h3-6,9,12,16H,7-8H2,1-2H3/t9-,12?,13+/m0/s1. The maximum atomic E-state index is 14.1. The zero-order valence-electron chi connectivity index (χ0n) is 9.63. The molecule has 16 heavy (non-hydrogen) atoms. The van der Waals surface area contributed by atoms with Crippen molar-refractivity contribution in [2.75, 3.05) is 6.54 Å². The minimum Gasteiger partial charge on any atom is -0.305 e. The molecular formula is C13H17F2N. The molecule has 0 spiro atoms. The Morgan fingerprint density at radius 2 is 1.94 bits per heavy atom. The van der Waals surface area contributed by atoms with E-state index in [1.807, 2.05) is 13.8 Å². The Balaban J connectivity index is 2.27. The molecule has 0 amide bonds. The van der Waals surface area contributed by atoms with E-state index >= 15 is 0 Å². The molecule has 1 unspecified atom stereocenters. The average molecular weight is 225 g/mol. The molecule has 3 heteroatoms. The summed E-state index contributed by atoms with van der Waals surface area (Å²) in [4.78, 5) is 0. The minimum atomic E-state index is -0.929. The van der Waals surface area contributed by atoms with Gasteiger partial charge in [-0.15, -0.1) is 0 Å². The average Bonchev–Trinajstić information content (AvgIpc) is 2.25. The Kier molecular flexibility index (Phi) is 2.98. The number of hydrogen-bond acceptors (Lipinski definition) is 1. The van der Waals surface area contributed by atoms with Crippen molar-refractivity contribution in [1.29, 1.82) is 0 Å². The van der Waals surface area contributed by atoms with E-state index in [1.165, 1.54) is 12.1 Å². The first-order valence-corrected chi connectivity index (χ1v) is 5.67. The Morgan fingerprint density at radius 3 is 2.50 bits per heavy atom. The maximum absolute atomic E-state index is 14.1. The molecule has 88 valence electrons. The van der Waals surface area contributed by atoms with Gasteiger partial charge in [0.2, 0.25) is 0 Å². The normalized spacial score (nSPS) is 35.0. The summed E-state index contributed by atoms with van der Waals surface area (Å²) in [5.74, 6) is 0.0652. The number of halogens is 2. The van der Waals surface area contributed by atoms with Crippen LogP contribution in [-0.2, 0) is 5.54 Å². The molecule has 1 nitrogen and oxygen atoms in total. The summed E-state index contributed by atoms with van der Waals surface area (Å²) in [6, 6.07) is 6.08. The zero-order chi connectivity index (χ0) is 11.8. The highest BCUT2D eigenvalue weighted by Gasteiger charge is 2.40. The number of piperidine rings is 1. The van der Waals surface area contributed by atoms with Gasteiger partial charge in [0.1, 0.15) is 12.0 Å². The van der Waals surface area contributed by atoms with Gasteiger partial charge in [0, 0.05) is 0 Å². The van der Waals surface area contributed by atoms with E-state index in [0.717, 1.165) is 12.1 Å². The second-order valence-electron chi connectivity index (χ2n) is 4.90. The van der Waals surface area contributed by atoms with E-state index in [2.05, 4.69) is 5.32 Å². The molecule has 1 aliphatic heterocycles. The second kappa shape index (κ2) is 4.13. The van der Waals surface area contributed by atoms with Gasteiger partial charge in [-0.3, -0.25) is 0 Å². The van der Waals surface area contributed by atoms with Crippen LogP contribution in [0.1, 0.15) is 25.8 Å². The lowest BCUT2D eigenvalue weighted by atomic mass is 9.79. The highest BCUT2D eigenvalue weighted by molar-refractivity contribution is 5.26. The third-order valence-electron chi connectivity index (χ3n) is 3.50. The Labute approximate surface area is 94.9 Å². The summed E-state index contributed by atoms with van der Waals surface area (Å²) in [5.41, 5.74) is 0.133. The van der Waals surface area contributed by atoms with Gasteiger partial charge in [0.15, 0.2) is 0 Å². The van der Waals surface area contributed by atoms with E-state index in [4.69, 9.17) is 0 Å². The Morgan fingerprint density at radius 1 is 1.31 bits per heavy atom. The van der Waals surface area contributed by atoms with Gasteiger partial charge in [0.25, 0.3) is 0 Å². The number of rotatable bonds is 1. The van der Waals surface area contributed by atoms with E-state index < -0.39 is 11.7 Å². The highest BCUT2D eigenvalue weighted by Crippen LogP contribution is 2.34. The van der Waals surface area contributed by atoms with Crippen LogP contribution in [-0.4, -0.2) is 12.7 Å². The van der Waals surface area contributed by atoms with E-state index in [9.17, 15) is 8.78 Å². The summed E-state index contributed by atoms with van der Waals surface area (Å²) in [5, 5.41) is 3.23. The van der Waals surface area contributed by atoms with Crippen LogP contribution in [0.15, 0.2) is 24.3 Å². The van der Waals surface area contributed by atoms with Gasteiger partial charge >= 0.3 is 0 Å². The van der Waals surface area contributed by atoms with Gasteiger partial charge < -0.3 is 5.32 Å². The predicted octanol–water partition coefficient (Wildman–Crippen LogP) is 3.01. The van der Waals surface area contributed by atoms with Crippen molar-refractivity contribution in [2.45, 2.75) is 32.0 Å². The largest absolute Gasteiger partial charge is 0.305 e. The smallest absolute Gasteiger partial charge is 0.123 e. The topological polar surface area (TPSA) is 12.0 Å². The quantitative estimate of drug-likeness (QED) is 0.774. The SMILES string of the molecule is C[C@@H]1CN[C@](C)(c2ccc(F)cc2)C(F)C1. The van der Waals surface area contributed by atoms with E-state index in [-0.39, 0.29) is 5.82 Å². The van der Waals surface area contributed by atoms with Crippen LogP contribution < -0.4 is 5.32 Å². The van der Waals surface area contributed by atoms with E-state index in [1.54, 1.807) is 12.1 Å². The molecule has 0 aromatic heterocycles. The van der Waals surface area contributed by atoms with Gasteiger partial charge in [-0.2, -0.15) is 0 Å². The van der Waals surface area contributed by atoms with Crippen LogP contribution in [0.4, 0.5) is 8.78 Å². The van der Waals surface area contributed by atoms with Crippen molar-refractivity contribution < 1.29 is 8.78 Å². The third-order valence-corrected chi connectivity index (χ3v) is 3.50. The van der Waals surface area contributed by atoms with Crippen LogP contribution in [0.5, 0.6) is 0 Å². The molecular weight excluding hydrogens is 208 g/mol. The van der Waals surface area contributed by atoms with E-state index in [0.29, 0.717) is 12.3 Å². The van der Waals surface area contributed by atoms with Crippen LogP contribution in [0.25, 0.3) is 0 Å². The lowest BCUT2D eigenvalue weighted by Crippen LogP contribution is -2.53. The van der Waals surface area contributed by atoms with Crippen LogP contribution in [0.2, 0.25) is 0 Å². The number of alkyl halides is 1. The molecule has 0 saturated carbocycles. The molecule has 1 fully saturated rings. The predicted molar refractivity (Wildman–Crippen MR) is 60.4 cm³/mol. The number of nitrogens with one attached hydrogen (secondary N) is 1. The molecule has 0 radical (unpaired) electrons. The first-order valence-electron chi connectivity index (χ1n) is 5.67.